The first-order chi connectivity index (χ1) is 13.9. The molecule has 29 heavy (non-hydrogen) atoms. The molecule has 0 saturated heterocycles. The van der Waals surface area contributed by atoms with Crippen LogP contribution >= 0.6 is 0 Å². The van der Waals surface area contributed by atoms with Gasteiger partial charge in [0.15, 0.2) is 0 Å². The van der Waals surface area contributed by atoms with Crippen molar-refractivity contribution < 1.29 is 19.7 Å². The lowest BCUT2D eigenvalue weighted by Gasteiger charge is -2.21. The van der Waals surface area contributed by atoms with Crippen LogP contribution < -0.4 is 5.32 Å². The molecule has 0 aliphatic heterocycles. The standard InChI is InChI=1S/C21H30N4O4/c1-15(6-4-5-12-25-14-19(11-13-26)23-24-25)20(29-3)17-7-9-18(10-8-17)22-21(28)16(2)27/h4,6-10,14-16,20,26-27H,5,11-13H2,1-3H3,(H,22,28)/b6-4+/t15-,16+,20+/m1/s1. The Kier molecular flexibility index (Phi) is 8.98. The van der Waals surface area contributed by atoms with Crippen LogP contribution in [0.1, 0.15) is 37.6 Å². The number of aliphatic hydroxyl groups is 2. The predicted molar refractivity (Wildman–Crippen MR) is 110 cm³/mol. The lowest BCUT2D eigenvalue weighted by molar-refractivity contribution is -0.123. The van der Waals surface area contributed by atoms with Gasteiger partial charge in [0.1, 0.15) is 6.10 Å². The molecule has 0 unspecified atom stereocenters. The predicted octanol–water partition coefficient (Wildman–Crippen LogP) is 2.10. The van der Waals surface area contributed by atoms with Crippen LogP contribution in [-0.2, 0) is 22.5 Å². The van der Waals surface area contributed by atoms with Gasteiger partial charge in [-0.1, -0.05) is 36.4 Å². The average Bonchev–Trinajstić information content (AvgIpc) is 3.14. The van der Waals surface area contributed by atoms with Crippen molar-refractivity contribution in [2.45, 2.75) is 45.4 Å². The SMILES string of the molecule is CO[C@H](c1ccc(NC(=O)[C@H](C)O)cc1)[C@H](C)/C=C/CCn1cc(CCO)nn1. The first-order valence-electron chi connectivity index (χ1n) is 9.72. The number of aromatic nitrogens is 3. The quantitative estimate of drug-likeness (QED) is 0.497. The van der Waals surface area contributed by atoms with Crippen LogP contribution in [0.5, 0.6) is 0 Å². The van der Waals surface area contributed by atoms with E-state index >= 15 is 0 Å². The van der Waals surface area contributed by atoms with Crippen molar-refractivity contribution in [3.05, 3.63) is 53.9 Å². The minimum absolute atomic E-state index is 0.0718. The number of carbonyl (C=O) groups is 1. The van der Waals surface area contributed by atoms with Gasteiger partial charge < -0.3 is 20.3 Å². The first kappa shape index (κ1) is 22.7. The van der Waals surface area contributed by atoms with Crippen LogP contribution in [0.4, 0.5) is 5.69 Å². The number of rotatable bonds is 11. The Bertz CT molecular complexity index is 786. The summed E-state index contributed by atoms with van der Waals surface area (Å²) in [5.74, 6) is -0.285. The summed E-state index contributed by atoms with van der Waals surface area (Å²) in [5, 5.41) is 28.9. The molecular formula is C21H30N4O4. The lowest BCUT2D eigenvalue weighted by Crippen LogP contribution is -2.24. The number of ether oxygens (including phenoxy) is 1. The van der Waals surface area contributed by atoms with Crippen molar-refractivity contribution in [2.75, 3.05) is 19.0 Å². The highest BCUT2D eigenvalue weighted by Gasteiger charge is 2.17. The van der Waals surface area contributed by atoms with Crippen molar-refractivity contribution in [2.24, 2.45) is 5.92 Å². The highest BCUT2D eigenvalue weighted by molar-refractivity contribution is 5.93. The van der Waals surface area contributed by atoms with E-state index in [1.165, 1.54) is 6.92 Å². The Balaban J connectivity index is 1.89. The number of allylic oxidation sites excluding steroid dienone is 1. The minimum Gasteiger partial charge on any atom is -0.396 e. The molecule has 0 fully saturated rings. The number of hydrogen-bond acceptors (Lipinski definition) is 6. The van der Waals surface area contributed by atoms with E-state index in [0.29, 0.717) is 12.1 Å². The summed E-state index contributed by atoms with van der Waals surface area (Å²) < 4.78 is 7.44. The third-order valence-corrected chi connectivity index (χ3v) is 4.54. The molecule has 1 heterocycles. The van der Waals surface area contributed by atoms with Crippen LogP contribution in [0, 0.1) is 5.92 Å². The molecule has 1 aromatic heterocycles. The molecule has 8 nitrogen and oxygen atoms in total. The van der Waals surface area contributed by atoms with Gasteiger partial charge in [0.2, 0.25) is 0 Å². The van der Waals surface area contributed by atoms with E-state index in [4.69, 9.17) is 9.84 Å². The summed E-state index contributed by atoms with van der Waals surface area (Å²) in [6.45, 7) is 4.30. The van der Waals surface area contributed by atoms with Crippen LogP contribution in [0.15, 0.2) is 42.6 Å². The molecule has 8 heteroatoms. The normalized spacial score (nSPS) is 14.7. The molecule has 3 atom stereocenters. The Labute approximate surface area is 171 Å². The van der Waals surface area contributed by atoms with Gasteiger partial charge in [0.25, 0.3) is 5.91 Å². The van der Waals surface area contributed by atoms with E-state index in [1.807, 2.05) is 18.3 Å². The monoisotopic (exact) mass is 402 g/mol. The van der Waals surface area contributed by atoms with E-state index in [9.17, 15) is 9.90 Å². The molecule has 0 saturated carbocycles. The van der Waals surface area contributed by atoms with Crippen molar-refractivity contribution in [3.63, 3.8) is 0 Å². The maximum absolute atomic E-state index is 11.6. The number of benzene rings is 1. The molecule has 1 amide bonds. The summed E-state index contributed by atoms with van der Waals surface area (Å²) in [5.41, 5.74) is 2.42. The van der Waals surface area contributed by atoms with E-state index in [1.54, 1.807) is 23.9 Å². The van der Waals surface area contributed by atoms with Crippen LogP contribution in [0.3, 0.4) is 0 Å². The van der Waals surface area contributed by atoms with Gasteiger partial charge in [-0.2, -0.15) is 0 Å². The van der Waals surface area contributed by atoms with Crippen LogP contribution in [0.2, 0.25) is 0 Å². The van der Waals surface area contributed by atoms with Crippen LogP contribution in [0.25, 0.3) is 0 Å². The van der Waals surface area contributed by atoms with Gasteiger partial charge >= 0.3 is 0 Å². The molecule has 0 aliphatic carbocycles. The van der Waals surface area contributed by atoms with Gasteiger partial charge in [-0.05, 0) is 31.0 Å². The zero-order chi connectivity index (χ0) is 21.2. The molecule has 0 bridgehead atoms. The third-order valence-electron chi connectivity index (χ3n) is 4.54. The van der Waals surface area contributed by atoms with E-state index in [0.717, 1.165) is 24.2 Å². The number of amides is 1. The fourth-order valence-electron chi connectivity index (χ4n) is 2.95. The minimum atomic E-state index is -1.05. The maximum Gasteiger partial charge on any atom is 0.252 e. The zero-order valence-corrected chi connectivity index (χ0v) is 17.2. The van der Waals surface area contributed by atoms with Crippen molar-refractivity contribution >= 4 is 11.6 Å². The van der Waals surface area contributed by atoms with Crippen molar-refractivity contribution in [3.8, 4) is 0 Å². The van der Waals surface area contributed by atoms with E-state index in [2.05, 4.69) is 34.7 Å². The molecule has 0 radical (unpaired) electrons. The molecule has 3 N–H and O–H groups in total. The molecular weight excluding hydrogens is 372 g/mol. The van der Waals surface area contributed by atoms with E-state index in [-0.39, 0.29) is 18.6 Å². The highest BCUT2D eigenvalue weighted by Crippen LogP contribution is 2.27. The largest absolute Gasteiger partial charge is 0.396 e. The highest BCUT2D eigenvalue weighted by atomic mass is 16.5. The van der Waals surface area contributed by atoms with Crippen molar-refractivity contribution in [1.29, 1.82) is 0 Å². The number of nitrogens with zero attached hydrogens (tertiary/aromatic N) is 3. The second kappa shape index (κ2) is 11.5. The van der Waals surface area contributed by atoms with Crippen LogP contribution in [-0.4, -0.2) is 50.9 Å². The number of nitrogens with one attached hydrogen (secondary N) is 1. The summed E-state index contributed by atoms with van der Waals surface area (Å²) in [6.07, 6.45) is 6.23. The summed E-state index contributed by atoms with van der Waals surface area (Å²) in [7, 11) is 1.68. The van der Waals surface area contributed by atoms with Gasteiger partial charge in [-0.15, -0.1) is 5.10 Å². The smallest absolute Gasteiger partial charge is 0.252 e. The fourth-order valence-corrected chi connectivity index (χ4v) is 2.95. The Morgan fingerprint density at radius 1 is 1.31 bits per heavy atom. The fraction of sp³-hybridized carbons (Fsp3) is 0.476. The Hall–Kier alpha value is -2.55. The Morgan fingerprint density at radius 2 is 2.03 bits per heavy atom. The maximum atomic E-state index is 11.6. The number of methoxy groups -OCH3 is 1. The number of hydrogen-bond donors (Lipinski definition) is 3. The van der Waals surface area contributed by atoms with Gasteiger partial charge in [0, 0.05) is 44.5 Å². The molecule has 2 aromatic rings. The number of aryl methyl sites for hydroxylation is 1. The van der Waals surface area contributed by atoms with Gasteiger partial charge in [-0.25, -0.2) is 0 Å². The van der Waals surface area contributed by atoms with E-state index < -0.39 is 12.0 Å². The first-order valence-corrected chi connectivity index (χ1v) is 9.72. The lowest BCUT2D eigenvalue weighted by atomic mass is 9.96. The average molecular weight is 402 g/mol. The van der Waals surface area contributed by atoms with Crippen molar-refractivity contribution in [1.82, 2.24) is 15.0 Å². The second-order valence-electron chi connectivity index (χ2n) is 6.97. The molecule has 1 aromatic carbocycles. The zero-order valence-electron chi connectivity index (χ0n) is 17.2. The molecule has 2 rings (SSSR count). The molecule has 158 valence electrons. The summed E-state index contributed by atoms with van der Waals surface area (Å²) in [6, 6.07) is 7.42. The summed E-state index contributed by atoms with van der Waals surface area (Å²) in [4.78, 5) is 11.6. The Morgan fingerprint density at radius 3 is 2.66 bits per heavy atom. The number of carbonyl (C=O) groups excluding carboxylic acids is 1. The second-order valence-corrected chi connectivity index (χ2v) is 6.97. The molecule has 0 spiro atoms. The number of anilines is 1. The number of aliphatic hydroxyl groups excluding tert-OH is 2. The topological polar surface area (TPSA) is 110 Å². The summed E-state index contributed by atoms with van der Waals surface area (Å²) >= 11 is 0. The van der Waals surface area contributed by atoms with Gasteiger partial charge in [0.05, 0.1) is 11.8 Å². The molecule has 0 aliphatic rings. The van der Waals surface area contributed by atoms with Gasteiger partial charge in [-0.3, -0.25) is 9.48 Å². The third kappa shape index (κ3) is 7.08.